The molecule has 0 saturated carbocycles. The summed E-state index contributed by atoms with van der Waals surface area (Å²) >= 11 is 4.35. The van der Waals surface area contributed by atoms with E-state index in [1.807, 2.05) is 5.41 Å². The number of allylic oxidation sites excluding steroid dienone is 1. The first-order chi connectivity index (χ1) is 8.88. The maximum absolute atomic E-state index is 4.35. The zero-order chi connectivity index (χ0) is 12.1. The van der Waals surface area contributed by atoms with E-state index < -0.39 is 0 Å². The molecular weight excluding hydrogens is 236 g/mol. The SMILES string of the molecule is SC=C1CC=c2ccc3cccc4ccc1c2c43. The van der Waals surface area contributed by atoms with Gasteiger partial charge in [0.15, 0.2) is 0 Å². The normalized spacial score (nSPS) is 16.4. The molecule has 1 heteroatoms. The summed E-state index contributed by atoms with van der Waals surface area (Å²) in [6.45, 7) is 0. The highest BCUT2D eigenvalue weighted by Crippen LogP contribution is 2.34. The van der Waals surface area contributed by atoms with Gasteiger partial charge in [0.1, 0.15) is 0 Å². The molecule has 0 spiro atoms. The highest BCUT2D eigenvalue weighted by atomic mass is 32.1. The highest BCUT2D eigenvalue weighted by molar-refractivity contribution is 7.83. The van der Waals surface area contributed by atoms with Crippen molar-refractivity contribution in [3.63, 3.8) is 0 Å². The molecule has 86 valence electrons. The fourth-order valence-electron chi connectivity index (χ4n) is 3.00. The van der Waals surface area contributed by atoms with E-state index >= 15 is 0 Å². The maximum atomic E-state index is 4.35. The Kier molecular flexibility index (Phi) is 2.06. The van der Waals surface area contributed by atoms with E-state index in [4.69, 9.17) is 0 Å². The van der Waals surface area contributed by atoms with Gasteiger partial charge in [-0.1, -0.05) is 48.5 Å². The molecule has 0 heterocycles. The van der Waals surface area contributed by atoms with Crippen LogP contribution in [0, 0.1) is 0 Å². The molecule has 0 unspecified atom stereocenters. The standard InChI is InChI=1S/C17H12S/c18-10-14-7-6-13-5-4-11-2-1-3-12-8-9-15(14)17(13)16(11)12/h1-6,8-10,18H,7H2. The van der Waals surface area contributed by atoms with Gasteiger partial charge in [0.2, 0.25) is 0 Å². The predicted molar refractivity (Wildman–Crippen MR) is 82.7 cm³/mol. The van der Waals surface area contributed by atoms with E-state index in [9.17, 15) is 0 Å². The van der Waals surface area contributed by atoms with Crippen molar-refractivity contribution in [3.8, 4) is 0 Å². The van der Waals surface area contributed by atoms with E-state index in [2.05, 4.69) is 61.2 Å². The van der Waals surface area contributed by atoms with Gasteiger partial charge in [-0.05, 0) is 49.7 Å². The van der Waals surface area contributed by atoms with E-state index in [0.717, 1.165) is 6.42 Å². The molecule has 0 saturated heterocycles. The fraction of sp³-hybridized carbons (Fsp3) is 0.0588. The molecule has 0 nitrogen and oxygen atoms in total. The van der Waals surface area contributed by atoms with Gasteiger partial charge in [0, 0.05) is 0 Å². The van der Waals surface area contributed by atoms with Crippen LogP contribution in [0.4, 0.5) is 0 Å². The van der Waals surface area contributed by atoms with Crippen LogP contribution in [0.15, 0.2) is 47.9 Å². The zero-order valence-electron chi connectivity index (χ0n) is 9.85. The number of benzene rings is 3. The Bertz CT molecular complexity index is 840. The van der Waals surface area contributed by atoms with Gasteiger partial charge < -0.3 is 0 Å². The number of thiol groups is 1. The molecule has 3 aromatic carbocycles. The number of rotatable bonds is 0. The second-order valence-electron chi connectivity index (χ2n) is 4.78. The lowest BCUT2D eigenvalue weighted by molar-refractivity contribution is 1.44. The van der Waals surface area contributed by atoms with E-state index in [1.54, 1.807) is 0 Å². The third-order valence-electron chi connectivity index (χ3n) is 3.85. The van der Waals surface area contributed by atoms with Crippen LogP contribution in [0.3, 0.4) is 0 Å². The van der Waals surface area contributed by atoms with Gasteiger partial charge in [-0.2, -0.15) is 12.6 Å². The van der Waals surface area contributed by atoms with Crippen LogP contribution in [-0.2, 0) is 0 Å². The van der Waals surface area contributed by atoms with Crippen LogP contribution in [-0.4, -0.2) is 0 Å². The topological polar surface area (TPSA) is 0 Å². The Morgan fingerprint density at radius 3 is 2.44 bits per heavy atom. The van der Waals surface area contributed by atoms with Crippen molar-refractivity contribution in [2.45, 2.75) is 6.42 Å². The molecule has 4 rings (SSSR count). The second kappa shape index (κ2) is 3.63. The quantitative estimate of drug-likeness (QED) is 0.567. The minimum atomic E-state index is 0.976. The lowest BCUT2D eigenvalue weighted by Gasteiger charge is -2.16. The molecule has 0 aromatic heterocycles. The van der Waals surface area contributed by atoms with E-state index in [0.29, 0.717) is 0 Å². The summed E-state index contributed by atoms with van der Waals surface area (Å²) in [5.74, 6) is 0. The van der Waals surface area contributed by atoms with Gasteiger partial charge in [-0.3, -0.25) is 0 Å². The summed E-state index contributed by atoms with van der Waals surface area (Å²) in [6, 6.07) is 15.4. The first-order valence-corrected chi connectivity index (χ1v) is 6.68. The van der Waals surface area contributed by atoms with Crippen LogP contribution in [0.5, 0.6) is 0 Å². The maximum Gasteiger partial charge on any atom is -0.00268 e. The average molecular weight is 248 g/mol. The number of hydrogen-bond acceptors (Lipinski definition) is 1. The first-order valence-electron chi connectivity index (χ1n) is 6.16. The van der Waals surface area contributed by atoms with Gasteiger partial charge in [0.05, 0.1) is 0 Å². The first kappa shape index (κ1) is 10.2. The molecule has 0 N–H and O–H groups in total. The molecule has 18 heavy (non-hydrogen) atoms. The molecule has 0 fully saturated rings. The Hall–Kier alpha value is -1.73. The molecule has 0 radical (unpaired) electrons. The molecular formula is C17H12S. The van der Waals surface area contributed by atoms with Crippen LogP contribution >= 0.6 is 12.6 Å². The smallest absolute Gasteiger partial charge is 0.00268 e. The monoisotopic (exact) mass is 248 g/mol. The fourth-order valence-corrected chi connectivity index (χ4v) is 3.24. The number of hydrogen-bond donors (Lipinski definition) is 1. The van der Waals surface area contributed by atoms with Crippen LogP contribution in [0.1, 0.15) is 12.0 Å². The Morgan fingerprint density at radius 2 is 1.67 bits per heavy atom. The Labute approximate surface area is 111 Å². The summed E-state index contributed by atoms with van der Waals surface area (Å²) in [4.78, 5) is 0. The van der Waals surface area contributed by atoms with E-state index in [-0.39, 0.29) is 0 Å². The summed E-state index contributed by atoms with van der Waals surface area (Å²) in [5.41, 5.74) is 2.65. The van der Waals surface area contributed by atoms with Crippen molar-refractivity contribution in [1.29, 1.82) is 0 Å². The molecule has 3 aromatic rings. The van der Waals surface area contributed by atoms with Crippen LogP contribution in [0.25, 0.3) is 33.2 Å². The third-order valence-corrected chi connectivity index (χ3v) is 4.16. The Morgan fingerprint density at radius 1 is 0.889 bits per heavy atom. The zero-order valence-corrected chi connectivity index (χ0v) is 10.7. The predicted octanol–water partition coefficient (Wildman–Crippen LogP) is 4.17. The van der Waals surface area contributed by atoms with Gasteiger partial charge >= 0.3 is 0 Å². The summed E-state index contributed by atoms with van der Waals surface area (Å²) in [6.07, 6.45) is 3.28. The van der Waals surface area contributed by atoms with Gasteiger partial charge in [-0.25, -0.2) is 0 Å². The van der Waals surface area contributed by atoms with E-state index in [1.165, 1.54) is 37.9 Å². The molecule has 0 atom stereocenters. The lowest BCUT2D eigenvalue weighted by Crippen LogP contribution is -2.09. The minimum Gasteiger partial charge on any atom is -0.151 e. The minimum absolute atomic E-state index is 0.976. The summed E-state index contributed by atoms with van der Waals surface area (Å²) in [7, 11) is 0. The van der Waals surface area contributed by atoms with Gasteiger partial charge in [-0.15, -0.1) is 0 Å². The second-order valence-corrected chi connectivity index (χ2v) is 5.04. The molecule has 0 bridgehead atoms. The van der Waals surface area contributed by atoms with Gasteiger partial charge in [0.25, 0.3) is 0 Å². The van der Waals surface area contributed by atoms with Crippen molar-refractivity contribution in [3.05, 3.63) is 58.7 Å². The molecule has 1 aliphatic carbocycles. The van der Waals surface area contributed by atoms with Crippen molar-refractivity contribution < 1.29 is 0 Å². The lowest BCUT2D eigenvalue weighted by atomic mass is 9.88. The largest absolute Gasteiger partial charge is 0.151 e. The summed E-state index contributed by atoms with van der Waals surface area (Å²) < 4.78 is 0. The molecule has 0 aliphatic heterocycles. The third kappa shape index (κ3) is 1.23. The Balaban J connectivity index is 2.37. The van der Waals surface area contributed by atoms with Crippen molar-refractivity contribution in [2.75, 3.05) is 0 Å². The summed E-state index contributed by atoms with van der Waals surface area (Å²) in [5, 5.41) is 8.71. The van der Waals surface area contributed by atoms with Crippen LogP contribution in [0.2, 0.25) is 0 Å². The van der Waals surface area contributed by atoms with Crippen molar-refractivity contribution >= 4 is 45.8 Å². The van der Waals surface area contributed by atoms with Crippen molar-refractivity contribution in [2.24, 2.45) is 0 Å². The van der Waals surface area contributed by atoms with Crippen LogP contribution < -0.4 is 5.22 Å². The molecule has 0 amide bonds. The van der Waals surface area contributed by atoms with Crippen molar-refractivity contribution in [1.82, 2.24) is 0 Å². The highest BCUT2D eigenvalue weighted by Gasteiger charge is 2.13. The average Bonchev–Trinajstić information content (AvgIpc) is 2.44. The molecule has 1 aliphatic rings.